The zero-order valence-corrected chi connectivity index (χ0v) is 18.3. The van der Waals surface area contributed by atoms with Crippen LogP contribution in [0.2, 0.25) is 0 Å². The topological polar surface area (TPSA) is 97.0 Å². The Bertz CT molecular complexity index is 896. The molecule has 2 aromatic rings. The molecule has 0 unspecified atom stereocenters. The van der Waals surface area contributed by atoms with E-state index in [1.807, 2.05) is 38.1 Å². The molecule has 0 saturated heterocycles. The molecule has 0 atom stereocenters. The molecule has 0 radical (unpaired) electrons. The van der Waals surface area contributed by atoms with Crippen LogP contribution >= 0.6 is 0 Å². The second kappa shape index (κ2) is 11.6. The van der Waals surface area contributed by atoms with Gasteiger partial charge in [0, 0.05) is 26.2 Å². The molecule has 31 heavy (non-hydrogen) atoms. The van der Waals surface area contributed by atoms with Crippen LogP contribution in [0.5, 0.6) is 5.75 Å². The van der Waals surface area contributed by atoms with Crippen LogP contribution in [0.3, 0.4) is 0 Å². The van der Waals surface area contributed by atoms with Gasteiger partial charge in [0.15, 0.2) is 6.61 Å². The number of hydrogen-bond acceptors (Lipinski definition) is 5. The van der Waals surface area contributed by atoms with Crippen LogP contribution in [0.1, 0.15) is 35.3 Å². The van der Waals surface area contributed by atoms with Crippen molar-refractivity contribution >= 4 is 17.9 Å². The van der Waals surface area contributed by atoms with Crippen LogP contribution < -0.4 is 15.4 Å². The van der Waals surface area contributed by atoms with Gasteiger partial charge in [-0.2, -0.15) is 0 Å². The summed E-state index contributed by atoms with van der Waals surface area (Å²) in [5.74, 6) is -0.183. The average Bonchev–Trinajstić information content (AvgIpc) is 2.75. The zero-order chi connectivity index (χ0) is 22.8. The van der Waals surface area contributed by atoms with E-state index >= 15 is 0 Å². The van der Waals surface area contributed by atoms with E-state index in [1.165, 1.54) is 4.90 Å². The third kappa shape index (κ3) is 8.00. The van der Waals surface area contributed by atoms with Crippen molar-refractivity contribution in [3.8, 4) is 5.75 Å². The molecule has 0 saturated carbocycles. The summed E-state index contributed by atoms with van der Waals surface area (Å²) < 4.78 is 10.3. The number of likely N-dealkylation sites (N-methyl/N-ethyl adjacent to an activating group) is 1. The molecule has 2 rings (SSSR count). The van der Waals surface area contributed by atoms with Crippen molar-refractivity contribution in [1.82, 2.24) is 15.5 Å². The molecular formula is C23H29N3O5. The highest BCUT2D eigenvalue weighted by Crippen LogP contribution is 2.14. The number of urea groups is 1. The Kier molecular flexibility index (Phi) is 8.87. The van der Waals surface area contributed by atoms with Crippen molar-refractivity contribution in [2.24, 2.45) is 0 Å². The largest absolute Gasteiger partial charge is 0.497 e. The predicted molar refractivity (Wildman–Crippen MR) is 117 cm³/mol. The number of methoxy groups -OCH3 is 1. The summed E-state index contributed by atoms with van der Waals surface area (Å²) in [7, 11) is 3.23. The van der Waals surface area contributed by atoms with E-state index in [4.69, 9.17) is 9.47 Å². The Labute approximate surface area is 182 Å². The average molecular weight is 428 g/mol. The molecule has 8 heteroatoms. The lowest BCUT2D eigenvalue weighted by atomic mass is 10.1. The Morgan fingerprint density at radius 3 is 2.39 bits per heavy atom. The number of rotatable bonds is 9. The summed E-state index contributed by atoms with van der Waals surface area (Å²) >= 11 is 0. The van der Waals surface area contributed by atoms with Crippen molar-refractivity contribution in [1.29, 1.82) is 0 Å². The Hall–Kier alpha value is -3.55. The van der Waals surface area contributed by atoms with Gasteiger partial charge in [0.2, 0.25) is 0 Å². The van der Waals surface area contributed by atoms with Gasteiger partial charge in [-0.3, -0.25) is 4.79 Å². The third-order valence-corrected chi connectivity index (χ3v) is 4.37. The Morgan fingerprint density at radius 1 is 1.03 bits per heavy atom. The highest BCUT2D eigenvalue weighted by Gasteiger charge is 2.14. The summed E-state index contributed by atoms with van der Waals surface area (Å²) in [6, 6.07) is 13.9. The molecule has 2 aromatic carbocycles. The fourth-order valence-electron chi connectivity index (χ4n) is 2.71. The summed E-state index contributed by atoms with van der Waals surface area (Å²) in [4.78, 5) is 37.6. The van der Waals surface area contributed by atoms with Crippen molar-refractivity contribution in [2.75, 3.05) is 20.8 Å². The molecule has 0 aliphatic carbocycles. The lowest BCUT2D eigenvalue weighted by Gasteiger charge is -2.17. The van der Waals surface area contributed by atoms with E-state index < -0.39 is 5.97 Å². The fourth-order valence-corrected chi connectivity index (χ4v) is 2.71. The normalized spacial score (nSPS) is 10.4. The highest BCUT2D eigenvalue weighted by molar-refractivity contribution is 5.91. The molecular weight excluding hydrogens is 398 g/mol. The van der Waals surface area contributed by atoms with Gasteiger partial charge in [-0.05, 0) is 49.2 Å². The van der Waals surface area contributed by atoms with Gasteiger partial charge in [-0.1, -0.05) is 24.3 Å². The standard InChI is InChI=1S/C23H29N3O5/c1-16(2)25-23(29)24-13-17-8-10-19(11-9-17)22(28)31-15-21(27)26(3)14-18-6-5-7-20(12-18)30-4/h5-12,16H,13-15H2,1-4H3,(H2,24,25,29). The van der Waals surface area contributed by atoms with Crippen LogP contribution in [-0.4, -0.2) is 49.6 Å². The van der Waals surface area contributed by atoms with E-state index in [9.17, 15) is 14.4 Å². The minimum absolute atomic E-state index is 0.0504. The second-order valence-corrected chi connectivity index (χ2v) is 7.36. The number of benzene rings is 2. The van der Waals surface area contributed by atoms with E-state index in [-0.39, 0.29) is 24.6 Å². The minimum Gasteiger partial charge on any atom is -0.497 e. The maximum Gasteiger partial charge on any atom is 0.338 e. The van der Waals surface area contributed by atoms with Crippen molar-refractivity contribution in [3.63, 3.8) is 0 Å². The predicted octanol–water partition coefficient (Wildman–Crippen LogP) is 2.72. The SMILES string of the molecule is COc1cccc(CN(C)C(=O)COC(=O)c2ccc(CNC(=O)NC(C)C)cc2)c1. The molecule has 0 spiro atoms. The summed E-state index contributed by atoms with van der Waals surface area (Å²) in [6.07, 6.45) is 0. The number of amides is 3. The molecule has 0 aromatic heterocycles. The zero-order valence-electron chi connectivity index (χ0n) is 18.3. The van der Waals surface area contributed by atoms with E-state index in [0.29, 0.717) is 24.4 Å². The third-order valence-electron chi connectivity index (χ3n) is 4.37. The molecule has 0 bridgehead atoms. The number of nitrogens with one attached hydrogen (secondary N) is 2. The maximum absolute atomic E-state index is 12.3. The van der Waals surface area contributed by atoms with E-state index in [2.05, 4.69) is 10.6 Å². The van der Waals surface area contributed by atoms with Crippen LogP contribution in [0.15, 0.2) is 48.5 Å². The van der Waals surface area contributed by atoms with Gasteiger partial charge < -0.3 is 25.0 Å². The van der Waals surface area contributed by atoms with E-state index in [1.54, 1.807) is 38.4 Å². The quantitative estimate of drug-likeness (QED) is 0.600. The van der Waals surface area contributed by atoms with Crippen LogP contribution in [0.4, 0.5) is 4.79 Å². The Balaban J connectivity index is 1.80. The number of hydrogen-bond donors (Lipinski definition) is 2. The minimum atomic E-state index is -0.583. The first-order chi connectivity index (χ1) is 14.8. The van der Waals surface area contributed by atoms with Crippen LogP contribution in [0.25, 0.3) is 0 Å². The summed E-state index contributed by atoms with van der Waals surface area (Å²) in [5.41, 5.74) is 2.08. The molecule has 166 valence electrons. The molecule has 8 nitrogen and oxygen atoms in total. The van der Waals surface area contributed by atoms with Gasteiger partial charge in [-0.25, -0.2) is 9.59 Å². The Morgan fingerprint density at radius 2 is 1.74 bits per heavy atom. The van der Waals surface area contributed by atoms with Crippen LogP contribution in [0, 0.1) is 0 Å². The van der Waals surface area contributed by atoms with Gasteiger partial charge in [0.1, 0.15) is 5.75 Å². The molecule has 0 heterocycles. The number of ether oxygens (including phenoxy) is 2. The van der Waals surface area contributed by atoms with Crippen LogP contribution in [-0.2, 0) is 22.6 Å². The van der Waals surface area contributed by atoms with Gasteiger partial charge in [0.05, 0.1) is 12.7 Å². The molecule has 0 aliphatic heterocycles. The molecule has 0 fully saturated rings. The van der Waals surface area contributed by atoms with Gasteiger partial charge in [-0.15, -0.1) is 0 Å². The molecule has 2 N–H and O–H groups in total. The molecule has 0 aliphatic rings. The van der Waals surface area contributed by atoms with Crippen molar-refractivity contribution in [2.45, 2.75) is 33.0 Å². The van der Waals surface area contributed by atoms with Gasteiger partial charge >= 0.3 is 12.0 Å². The van der Waals surface area contributed by atoms with E-state index in [0.717, 1.165) is 11.1 Å². The highest BCUT2D eigenvalue weighted by atomic mass is 16.5. The number of carbonyl (C=O) groups excluding carboxylic acids is 3. The lowest BCUT2D eigenvalue weighted by molar-refractivity contribution is -0.133. The maximum atomic E-state index is 12.3. The van der Waals surface area contributed by atoms with Crippen molar-refractivity contribution in [3.05, 3.63) is 65.2 Å². The number of esters is 1. The monoisotopic (exact) mass is 427 g/mol. The smallest absolute Gasteiger partial charge is 0.338 e. The summed E-state index contributed by atoms with van der Waals surface area (Å²) in [5, 5.41) is 5.47. The summed E-state index contributed by atoms with van der Waals surface area (Å²) in [6.45, 7) is 4.11. The fraction of sp³-hybridized carbons (Fsp3) is 0.348. The van der Waals surface area contributed by atoms with Crippen molar-refractivity contribution < 1.29 is 23.9 Å². The van der Waals surface area contributed by atoms with Gasteiger partial charge in [0.25, 0.3) is 5.91 Å². The first-order valence-corrected chi connectivity index (χ1v) is 9.95. The first kappa shape index (κ1) is 23.7. The molecule has 3 amide bonds. The number of nitrogens with zero attached hydrogens (tertiary/aromatic N) is 1. The second-order valence-electron chi connectivity index (χ2n) is 7.36. The lowest BCUT2D eigenvalue weighted by Crippen LogP contribution is -2.39. The first-order valence-electron chi connectivity index (χ1n) is 9.95. The number of carbonyl (C=O) groups is 3.